The maximum Gasteiger partial charge on any atom is 0.263 e. The van der Waals surface area contributed by atoms with Crippen LogP contribution >= 0.6 is 11.6 Å². The van der Waals surface area contributed by atoms with E-state index in [1.54, 1.807) is 0 Å². The van der Waals surface area contributed by atoms with Crippen molar-refractivity contribution in [2.75, 3.05) is 11.8 Å². The molecule has 1 aromatic carbocycles. The number of hydrogen-bond donors (Lipinski definition) is 2. The zero-order valence-corrected chi connectivity index (χ0v) is 12.4. The number of nitrogens with one attached hydrogen (secondary N) is 2. The van der Waals surface area contributed by atoms with Gasteiger partial charge in [0, 0.05) is 12.6 Å². The topological polar surface area (TPSA) is 101 Å². The molecule has 0 atom stereocenters. The van der Waals surface area contributed by atoms with Gasteiger partial charge in [-0.3, -0.25) is 14.5 Å². The van der Waals surface area contributed by atoms with E-state index in [1.807, 2.05) is 0 Å². The molecule has 0 unspecified atom stereocenters. The van der Waals surface area contributed by atoms with E-state index in [4.69, 9.17) is 11.6 Å². The number of carbonyl (C=O) groups is 1. The molecule has 2 aromatic rings. The lowest BCUT2D eigenvalue weighted by atomic mass is 10.2. The molecule has 0 aliphatic heterocycles. The summed E-state index contributed by atoms with van der Waals surface area (Å²) in [6, 6.07) is 5.48. The molecule has 7 nitrogen and oxygen atoms in total. The van der Waals surface area contributed by atoms with Crippen molar-refractivity contribution in [1.29, 1.82) is 0 Å². The number of hydrogen-bond acceptors (Lipinski definition) is 5. The average Bonchev–Trinajstić information content (AvgIpc) is 2.46. The number of anilines is 1. The predicted octanol–water partition coefficient (Wildman–Crippen LogP) is 1.29. The minimum absolute atomic E-state index is 0.00284. The van der Waals surface area contributed by atoms with Crippen molar-refractivity contribution in [1.82, 2.24) is 15.3 Å². The second-order valence-corrected chi connectivity index (χ2v) is 6.01. The second-order valence-electron chi connectivity index (χ2n) is 3.94. The van der Waals surface area contributed by atoms with Crippen LogP contribution in [-0.2, 0) is 10.0 Å². The lowest BCUT2D eigenvalue weighted by molar-refractivity contribution is 0.0963. The Morgan fingerprint density at radius 1 is 1.19 bits per heavy atom. The van der Waals surface area contributed by atoms with Crippen LogP contribution < -0.4 is 10.0 Å². The Kier molecular flexibility index (Phi) is 4.39. The summed E-state index contributed by atoms with van der Waals surface area (Å²) in [7, 11) is -2.33. The van der Waals surface area contributed by atoms with E-state index in [0.717, 1.165) is 0 Å². The van der Waals surface area contributed by atoms with Gasteiger partial charge in [-0.25, -0.2) is 13.4 Å². The average molecular weight is 327 g/mol. The summed E-state index contributed by atoms with van der Waals surface area (Å²) in [5.41, 5.74) is 0.360. The van der Waals surface area contributed by atoms with Gasteiger partial charge in [0.25, 0.3) is 15.9 Å². The Labute approximate surface area is 126 Å². The quantitative estimate of drug-likeness (QED) is 0.881. The molecule has 0 bridgehead atoms. The minimum atomic E-state index is -3.82. The van der Waals surface area contributed by atoms with Crippen LogP contribution in [0, 0.1) is 0 Å². The number of aromatic nitrogens is 2. The molecule has 0 saturated heterocycles. The number of carbonyl (C=O) groups excluding carboxylic acids is 1. The monoisotopic (exact) mass is 326 g/mol. The Balaban J connectivity index is 2.25. The molecule has 2 N–H and O–H groups in total. The molecule has 1 heterocycles. The van der Waals surface area contributed by atoms with E-state index in [1.165, 1.54) is 43.7 Å². The largest absolute Gasteiger partial charge is 0.355 e. The van der Waals surface area contributed by atoms with E-state index in [0.29, 0.717) is 5.56 Å². The molecule has 0 fully saturated rings. The molecule has 110 valence electrons. The van der Waals surface area contributed by atoms with Crippen LogP contribution in [0.2, 0.25) is 5.15 Å². The first-order valence-electron chi connectivity index (χ1n) is 5.75. The van der Waals surface area contributed by atoms with Crippen molar-refractivity contribution in [3.05, 3.63) is 47.4 Å². The van der Waals surface area contributed by atoms with Gasteiger partial charge in [0.2, 0.25) is 0 Å². The summed E-state index contributed by atoms with van der Waals surface area (Å²) >= 11 is 5.64. The fraction of sp³-hybridized carbons (Fsp3) is 0.0833. The van der Waals surface area contributed by atoms with Crippen LogP contribution in [0.5, 0.6) is 0 Å². The third-order valence-corrected chi connectivity index (χ3v) is 4.05. The number of sulfonamides is 1. The van der Waals surface area contributed by atoms with Crippen molar-refractivity contribution in [2.24, 2.45) is 0 Å². The molecule has 2 rings (SSSR count). The smallest absolute Gasteiger partial charge is 0.263 e. The number of benzene rings is 1. The van der Waals surface area contributed by atoms with Gasteiger partial charge in [-0.1, -0.05) is 11.6 Å². The second kappa shape index (κ2) is 6.06. The standard InChI is InChI=1S/C12H11ClN4O3S/c1-14-12(18)8-2-4-9(5-3-8)21(19,20)17-11-7-15-6-10(13)16-11/h2-7H,1H3,(H,14,18)(H,16,17). The summed E-state index contributed by atoms with van der Waals surface area (Å²) in [4.78, 5) is 18.9. The SMILES string of the molecule is CNC(=O)c1ccc(S(=O)(=O)Nc2cncc(Cl)n2)cc1. The Morgan fingerprint density at radius 3 is 2.43 bits per heavy atom. The third-order valence-electron chi connectivity index (χ3n) is 2.50. The van der Waals surface area contributed by atoms with Crippen molar-refractivity contribution in [3.63, 3.8) is 0 Å². The van der Waals surface area contributed by atoms with Crippen LogP contribution in [-0.4, -0.2) is 31.3 Å². The highest BCUT2D eigenvalue weighted by Crippen LogP contribution is 2.15. The molecule has 0 spiro atoms. The summed E-state index contributed by atoms with van der Waals surface area (Å²) in [6.07, 6.45) is 2.53. The van der Waals surface area contributed by atoms with Crippen molar-refractivity contribution in [3.8, 4) is 0 Å². The molecule has 1 amide bonds. The van der Waals surface area contributed by atoms with E-state index in [2.05, 4.69) is 20.0 Å². The first kappa shape index (κ1) is 15.2. The first-order valence-corrected chi connectivity index (χ1v) is 7.61. The number of amides is 1. The number of nitrogens with zero attached hydrogens (tertiary/aromatic N) is 2. The molecule has 1 aromatic heterocycles. The van der Waals surface area contributed by atoms with Crippen molar-refractivity contribution < 1.29 is 13.2 Å². The van der Waals surface area contributed by atoms with Crippen LogP contribution in [0.1, 0.15) is 10.4 Å². The van der Waals surface area contributed by atoms with Gasteiger partial charge in [0.05, 0.1) is 17.3 Å². The van der Waals surface area contributed by atoms with Gasteiger partial charge in [-0.2, -0.15) is 0 Å². The Morgan fingerprint density at radius 2 is 1.86 bits per heavy atom. The number of halogens is 1. The summed E-state index contributed by atoms with van der Waals surface area (Å²) in [5, 5.41) is 2.52. The van der Waals surface area contributed by atoms with E-state index in [-0.39, 0.29) is 21.8 Å². The lowest BCUT2D eigenvalue weighted by Crippen LogP contribution is -2.18. The fourth-order valence-corrected chi connectivity index (χ4v) is 2.65. The highest BCUT2D eigenvalue weighted by atomic mass is 35.5. The third kappa shape index (κ3) is 3.67. The maximum absolute atomic E-state index is 12.1. The van der Waals surface area contributed by atoms with Gasteiger partial charge >= 0.3 is 0 Å². The molecular formula is C12H11ClN4O3S. The molecule has 0 aliphatic rings. The zero-order valence-electron chi connectivity index (χ0n) is 10.9. The van der Waals surface area contributed by atoms with Gasteiger partial charge in [0.15, 0.2) is 5.82 Å². The van der Waals surface area contributed by atoms with Gasteiger partial charge in [-0.05, 0) is 24.3 Å². The van der Waals surface area contributed by atoms with Crippen LogP contribution in [0.4, 0.5) is 5.82 Å². The van der Waals surface area contributed by atoms with Crippen LogP contribution in [0.15, 0.2) is 41.6 Å². The van der Waals surface area contributed by atoms with Gasteiger partial charge < -0.3 is 5.32 Å². The van der Waals surface area contributed by atoms with E-state index >= 15 is 0 Å². The summed E-state index contributed by atoms with van der Waals surface area (Å²) in [5.74, 6) is -0.287. The van der Waals surface area contributed by atoms with Crippen LogP contribution in [0.25, 0.3) is 0 Å². The van der Waals surface area contributed by atoms with Crippen molar-refractivity contribution in [2.45, 2.75) is 4.90 Å². The maximum atomic E-state index is 12.1. The van der Waals surface area contributed by atoms with E-state index in [9.17, 15) is 13.2 Å². The summed E-state index contributed by atoms with van der Waals surface area (Å²) in [6.45, 7) is 0. The molecule has 0 aliphatic carbocycles. The van der Waals surface area contributed by atoms with Crippen LogP contribution in [0.3, 0.4) is 0 Å². The molecule has 0 saturated carbocycles. The highest BCUT2D eigenvalue weighted by Gasteiger charge is 2.16. The lowest BCUT2D eigenvalue weighted by Gasteiger charge is -2.07. The Bertz CT molecular complexity index is 762. The predicted molar refractivity (Wildman–Crippen MR) is 77.7 cm³/mol. The fourth-order valence-electron chi connectivity index (χ4n) is 1.52. The zero-order chi connectivity index (χ0) is 15.5. The highest BCUT2D eigenvalue weighted by molar-refractivity contribution is 7.92. The number of rotatable bonds is 4. The summed E-state index contributed by atoms with van der Waals surface area (Å²) < 4.78 is 26.5. The molecular weight excluding hydrogens is 316 g/mol. The van der Waals surface area contributed by atoms with Gasteiger partial charge in [-0.15, -0.1) is 0 Å². The molecule has 9 heteroatoms. The van der Waals surface area contributed by atoms with Gasteiger partial charge in [0.1, 0.15) is 5.15 Å². The normalized spacial score (nSPS) is 11.0. The van der Waals surface area contributed by atoms with Crippen molar-refractivity contribution >= 4 is 33.3 Å². The first-order chi connectivity index (χ1) is 9.92. The minimum Gasteiger partial charge on any atom is -0.355 e. The molecule has 0 radical (unpaired) electrons. The van der Waals surface area contributed by atoms with E-state index < -0.39 is 10.0 Å². The Hall–Kier alpha value is -2.19. The molecule has 21 heavy (non-hydrogen) atoms.